The summed E-state index contributed by atoms with van der Waals surface area (Å²) in [5, 5.41) is 2.99. The number of hydrogen-bond acceptors (Lipinski definition) is 5. The fourth-order valence-corrected chi connectivity index (χ4v) is 4.12. The molecule has 0 radical (unpaired) electrons. The molecule has 0 bridgehead atoms. The second kappa shape index (κ2) is 6.83. The van der Waals surface area contributed by atoms with Gasteiger partial charge in [-0.1, -0.05) is 18.2 Å². The highest BCUT2D eigenvalue weighted by Gasteiger charge is 2.25. The van der Waals surface area contributed by atoms with Gasteiger partial charge in [0, 0.05) is 36.1 Å². The molecule has 6 nitrogen and oxygen atoms in total. The zero-order chi connectivity index (χ0) is 19.1. The monoisotopic (exact) mass is 382 g/mol. The minimum atomic E-state index is -0.118. The molecule has 0 atom stereocenters. The van der Waals surface area contributed by atoms with Gasteiger partial charge in [-0.2, -0.15) is 0 Å². The van der Waals surface area contributed by atoms with E-state index in [2.05, 4.69) is 4.98 Å². The first kappa shape index (κ1) is 17.8. The number of para-hydroxylation sites is 1. The molecule has 3 heterocycles. The Morgan fingerprint density at radius 2 is 2.00 bits per heavy atom. The quantitative estimate of drug-likeness (QED) is 0.527. The summed E-state index contributed by atoms with van der Waals surface area (Å²) in [4.78, 5) is 22.5. The van der Waals surface area contributed by atoms with E-state index in [0.29, 0.717) is 18.8 Å². The van der Waals surface area contributed by atoms with Gasteiger partial charge in [-0.3, -0.25) is 9.20 Å². The van der Waals surface area contributed by atoms with Crippen LogP contribution in [0.1, 0.15) is 27.5 Å². The van der Waals surface area contributed by atoms with E-state index in [-0.39, 0.29) is 5.91 Å². The van der Waals surface area contributed by atoms with Gasteiger partial charge in [-0.05, 0) is 27.1 Å². The van der Waals surface area contributed by atoms with Crippen molar-refractivity contribution in [1.29, 1.82) is 0 Å². The Kier molecular flexibility index (Phi) is 4.49. The molecule has 0 fully saturated rings. The van der Waals surface area contributed by atoms with Crippen molar-refractivity contribution in [1.82, 2.24) is 19.2 Å². The second-order valence-electron chi connectivity index (χ2n) is 7.00. The molecule has 4 rings (SSSR count). The Bertz CT molecular complexity index is 1120. The number of rotatable bonds is 5. The van der Waals surface area contributed by atoms with Crippen molar-refractivity contribution in [2.75, 3.05) is 21.1 Å². The number of amides is 1. The average molecular weight is 382 g/mol. The largest absolute Gasteiger partial charge is 0.451 e. The summed E-state index contributed by atoms with van der Waals surface area (Å²) in [6.45, 7) is 3.10. The lowest BCUT2D eigenvalue weighted by Crippen LogP contribution is -2.28. The Morgan fingerprint density at radius 1 is 1.22 bits per heavy atom. The molecule has 0 saturated heterocycles. The van der Waals surface area contributed by atoms with Crippen molar-refractivity contribution >= 4 is 33.2 Å². The molecule has 1 amide bonds. The predicted molar refractivity (Wildman–Crippen MR) is 107 cm³/mol. The smallest absolute Gasteiger partial charge is 0.290 e. The zero-order valence-electron chi connectivity index (χ0n) is 15.9. The number of thiazole rings is 1. The molecule has 0 N–H and O–H groups in total. The first-order chi connectivity index (χ1) is 13.0. The summed E-state index contributed by atoms with van der Waals surface area (Å²) in [5.41, 5.74) is 3.64. The van der Waals surface area contributed by atoms with Crippen LogP contribution in [-0.2, 0) is 13.1 Å². The van der Waals surface area contributed by atoms with E-state index in [1.165, 1.54) is 0 Å². The van der Waals surface area contributed by atoms with E-state index in [1.807, 2.05) is 66.2 Å². The predicted octanol–water partition coefficient (Wildman–Crippen LogP) is 3.78. The first-order valence-electron chi connectivity index (χ1n) is 8.77. The number of nitrogens with zero attached hydrogens (tertiary/aromatic N) is 4. The number of aryl methyl sites for hydroxylation is 1. The average Bonchev–Trinajstić information content (AvgIpc) is 3.30. The van der Waals surface area contributed by atoms with Gasteiger partial charge in [-0.25, -0.2) is 4.98 Å². The lowest BCUT2D eigenvalue weighted by molar-refractivity contribution is 0.0751. The van der Waals surface area contributed by atoms with Crippen LogP contribution in [0, 0.1) is 6.92 Å². The van der Waals surface area contributed by atoms with E-state index in [4.69, 9.17) is 4.42 Å². The van der Waals surface area contributed by atoms with E-state index in [0.717, 1.165) is 32.9 Å². The van der Waals surface area contributed by atoms with Crippen LogP contribution in [0.3, 0.4) is 0 Å². The van der Waals surface area contributed by atoms with Gasteiger partial charge in [0.15, 0.2) is 10.7 Å². The SMILES string of the molecule is Cc1nc2sccn2c1CN(C)C(=O)c1oc2ccccc2c1CN(C)C. The maximum atomic E-state index is 13.2. The maximum Gasteiger partial charge on any atom is 0.290 e. The molecule has 1 aromatic carbocycles. The van der Waals surface area contributed by atoms with E-state index in [9.17, 15) is 4.79 Å². The fourth-order valence-electron chi connectivity index (χ4n) is 3.35. The van der Waals surface area contributed by atoms with Crippen molar-refractivity contribution in [2.24, 2.45) is 0 Å². The normalized spacial score (nSPS) is 11.7. The number of carbonyl (C=O) groups excluding carboxylic acids is 1. The molecule has 0 saturated carbocycles. The van der Waals surface area contributed by atoms with Gasteiger partial charge in [0.25, 0.3) is 5.91 Å². The van der Waals surface area contributed by atoms with Crippen LogP contribution < -0.4 is 0 Å². The zero-order valence-corrected chi connectivity index (χ0v) is 16.7. The van der Waals surface area contributed by atoms with E-state index >= 15 is 0 Å². The third kappa shape index (κ3) is 3.13. The third-order valence-electron chi connectivity index (χ3n) is 4.66. The Labute approximate surface area is 161 Å². The van der Waals surface area contributed by atoms with Gasteiger partial charge in [0.2, 0.25) is 0 Å². The molecular formula is C20H22N4O2S. The Balaban J connectivity index is 1.69. The molecule has 7 heteroatoms. The molecule has 0 aliphatic rings. The van der Waals surface area contributed by atoms with Crippen LogP contribution in [0.15, 0.2) is 40.3 Å². The number of carbonyl (C=O) groups is 1. The highest BCUT2D eigenvalue weighted by atomic mass is 32.1. The number of hydrogen-bond donors (Lipinski definition) is 0. The lowest BCUT2D eigenvalue weighted by Gasteiger charge is -2.17. The van der Waals surface area contributed by atoms with Gasteiger partial charge in [0.1, 0.15) is 5.58 Å². The Hall–Kier alpha value is -2.64. The van der Waals surface area contributed by atoms with Crippen LogP contribution >= 0.6 is 11.3 Å². The molecule has 0 spiro atoms. The number of fused-ring (bicyclic) bond motifs is 2. The summed E-state index contributed by atoms with van der Waals surface area (Å²) in [6, 6.07) is 7.80. The summed E-state index contributed by atoms with van der Waals surface area (Å²) in [5.74, 6) is 0.295. The van der Waals surface area contributed by atoms with Crippen LogP contribution in [0.2, 0.25) is 0 Å². The van der Waals surface area contributed by atoms with Crippen LogP contribution in [-0.4, -0.2) is 46.2 Å². The lowest BCUT2D eigenvalue weighted by atomic mass is 10.1. The highest BCUT2D eigenvalue weighted by molar-refractivity contribution is 7.15. The summed E-state index contributed by atoms with van der Waals surface area (Å²) in [7, 11) is 5.78. The molecule has 27 heavy (non-hydrogen) atoms. The van der Waals surface area contributed by atoms with Crippen molar-refractivity contribution in [3.05, 3.63) is 58.6 Å². The molecule has 0 aliphatic carbocycles. The topological polar surface area (TPSA) is 54.0 Å². The van der Waals surface area contributed by atoms with Gasteiger partial charge < -0.3 is 14.2 Å². The van der Waals surface area contributed by atoms with Gasteiger partial charge >= 0.3 is 0 Å². The number of aromatic nitrogens is 2. The van der Waals surface area contributed by atoms with Crippen molar-refractivity contribution < 1.29 is 9.21 Å². The molecule has 0 aliphatic heterocycles. The minimum Gasteiger partial charge on any atom is -0.451 e. The third-order valence-corrected chi connectivity index (χ3v) is 5.42. The van der Waals surface area contributed by atoms with Crippen molar-refractivity contribution in [3.63, 3.8) is 0 Å². The number of imidazole rings is 1. The van der Waals surface area contributed by atoms with Crippen LogP contribution in [0.4, 0.5) is 0 Å². The molecule has 0 unspecified atom stereocenters. The summed E-state index contributed by atoms with van der Waals surface area (Å²) < 4.78 is 8.01. The summed E-state index contributed by atoms with van der Waals surface area (Å²) in [6.07, 6.45) is 1.99. The number of furan rings is 1. The molecule has 4 aromatic rings. The van der Waals surface area contributed by atoms with Gasteiger partial charge in [0.05, 0.1) is 17.9 Å². The van der Waals surface area contributed by atoms with Crippen LogP contribution in [0.5, 0.6) is 0 Å². The van der Waals surface area contributed by atoms with Crippen molar-refractivity contribution in [3.8, 4) is 0 Å². The number of benzene rings is 1. The van der Waals surface area contributed by atoms with Gasteiger partial charge in [-0.15, -0.1) is 11.3 Å². The minimum absolute atomic E-state index is 0.118. The summed E-state index contributed by atoms with van der Waals surface area (Å²) >= 11 is 1.59. The molecule has 140 valence electrons. The molecular weight excluding hydrogens is 360 g/mol. The van der Waals surface area contributed by atoms with E-state index < -0.39 is 0 Å². The fraction of sp³-hybridized carbons (Fsp3) is 0.300. The first-order valence-corrected chi connectivity index (χ1v) is 9.65. The Morgan fingerprint density at radius 3 is 2.78 bits per heavy atom. The highest BCUT2D eigenvalue weighted by Crippen LogP contribution is 2.28. The van der Waals surface area contributed by atoms with E-state index in [1.54, 1.807) is 23.3 Å². The molecule has 3 aromatic heterocycles. The van der Waals surface area contributed by atoms with Crippen molar-refractivity contribution in [2.45, 2.75) is 20.0 Å². The van der Waals surface area contributed by atoms with Crippen LogP contribution in [0.25, 0.3) is 15.9 Å². The standard InChI is InChI=1S/C20H22N4O2S/c1-13-16(24-9-10-27-20(24)21-13)12-23(4)19(25)18-15(11-22(2)3)14-7-5-6-8-17(14)26-18/h5-10H,11-12H2,1-4H3. The maximum absolute atomic E-state index is 13.2. The second-order valence-corrected chi connectivity index (χ2v) is 7.88.